The minimum Gasteiger partial charge on any atom is -0.376 e. The smallest absolute Gasteiger partial charge is 0.273 e. The first kappa shape index (κ1) is 19.0. The van der Waals surface area contributed by atoms with Crippen LogP contribution in [0.2, 0.25) is 0 Å². The summed E-state index contributed by atoms with van der Waals surface area (Å²) in [5.74, 6) is -0.492. The standard InChI is InChI=1S/C21H25N3O3/c1-15-7-5-10-18(16(15)2)23-20(25)14-24(13-17-8-6-12-27-17)21(26)19-9-3-4-11-22-19/h3-5,7,9-11,17H,6,8,12-14H2,1-2H3,(H,23,25)/t17-/m0/s1. The van der Waals surface area contributed by atoms with Crippen molar-refractivity contribution in [3.8, 4) is 0 Å². The van der Waals surface area contributed by atoms with E-state index in [9.17, 15) is 9.59 Å². The molecule has 0 aliphatic carbocycles. The van der Waals surface area contributed by atoms with E-state index in [0.29, 0.717) is 18.8 Å². The van der Waals surface area contributed by atoms with Gasteiger partial charge >= 0.3 is 0 Å². The van der Waals surface area contributed by atoms with Gasteiger partial charge in [-0.1, -0.05) is 18.2 Å². The van der Waals surface area contributed by atoms with Crippen LogP contribution in [0, 0.1) is 13.8 Å². The van der Waals surface area contributed by atoms with Crippen LogP contribution in [0.1, 0.15) is 34.5 Å². The quantitative estimate of drug-likeness (QED) is 0.852. The van der Waals surface area contributed by atoms with Crippen LogP contribution < -0.4 is 5.32 Å². The summed E-state index contributed by atoms with van der Waals surface area (Å²) in [6, 6.07) is 11.0. The Kier molecular flexibility index (Phi) is 6.19. The van der Waals surface area contributed by atoms with Gasteiger partial charge < -0.3 is 15.0 Å². The fourth-order valence-corrected chi connectivity index (χ4v) is 3.15. The summed E-state index contributed by atoms with van der Waals surface area (Å²) >= 11 is 0. The van der Waals surface area contributed by atoms with Crippen molar-refractivity contribution in [2.75, 3.05) is 25.0 Å². The number of aryl methyl sites for hydroxylation is 1. The van der Waals surface area contributed by atoms with Crippen molar-refractivity contribution in [3.63, 3.8) is 0 Å². The zero-order valence-electron chi connectivity index (χ0n) is 15.8. The van der Waals surface area contributed by atoms with Crippen molar-refractivity contribution in [2.45, 2.75) is 32.8 Å². The van der Waals surface area contributed by atoms with E-state index in [0.717, 1.165) is 29.7 Å². The maximum Gasteiger partial charge on any atom is 0.273 e. The molecule has 1 aliphatic heterocycles. The van der Waals surface area contributed by atoms with E-state index in [1.54, 1.807) is 24.4 Å². The van der Waals surface area contributed by atoms with E-state index in [1.165, 1.54) is 4.90 Å². The largest absolute Gasteiger partial charge is 0.376 e. The molecule has 6 heteroatoms. The van der Waals surface area contributed by atoms with Gasteiger partial charge in [-0.3, -0.25) is 14.6 Å². The van der Waals surface area contributed by atoms with Crippen molar-refractivity contribution in [1.29, 1.82) is 0 Å². The molecule has 6 nitrogen and oxygen atoms in total. The average molecular weight is 367 g/mol. The summed E-state index contributed by atoms with van der Waals surface area (Å²) < 4.78 is 5.66. The number of amides is 2. The molecule has 1 saturated heterocycles. The fourth-order valence-electron chi connectivity index (χ4n) is 3.15. The second kappa shape index (κ2) is 8.77. The van der Waals surface area contributed by atoms with Gasteiger partial charge in [0.1, 0.15) is 12.2 Å². The van der Waals surface area contributed by atoms with Crippen molar-refractivity contribution in [1.82, 2.24) is 9.88 Å². The average Bonchev–Trinajstić information content (AvgIpc) is 3.18. The summed E-state index contributed by atoms with van der Waals surface area (Å²) in [6.45, 7) is 5.01. The predicted molar refractivity (Wildman–Crippen MR) is 104 cm³/mol. The molecular formula is C21H25N3O3. The molecule has 1 N–H and O–H groups in total. The van der Waals surface area contributed by atoms with Crippen molar-refractivity contribution in [2.24, 2.45) is 0 Å². The number of aromatic nitrogens is 1. The number of hydrogen-bond acceptors (Lipinski definition) is 4. The number of ether oxygens (including phenoxy) is 1. The van der Waals surface area contributed by atoms with Crippen molar-refractivity contribution < 1.29 is 14.3 Å². The zero-order chi connectivity index (χ0) is 19.2. The van der Waals surface area contributed by atoms with Gasteiger partial charge in [-0.05, 0) is 56.0 Å². The Balaban J connectivity index is 1.72. The van der Waals surface area contributed by atoms with Crippen LogP contribution in [0.5, 0.6) is 0 Å². The topological polar surface area (TPSA) is 71.5 Å². The van der Waals surface area contributed by atoms with Crippen LogP contribution in [0.15, 0.2) is 42.6 Å². The van der Waals surface area contributed by atoms with Crippen LogP contribution in [-0.4, -0.2) is 47.5 Å². The predicted octanol–water partition coefficient (Wildman–Crippen LogP) is 2.96. The Morgan fingerprint density at radius 2 is 2.07 bits per heavy atom. The molecule has 2 heterocycles. The number of anilines is 1. The van der Waals surface area contributed by atoms with Crippen LogP contribution >= 0.6 is 0 Å². The first-order valence-electron chi connectivity index (χ1n) is 9.22. The van der Waals surface area contributed by atoms with Crippen molar-refractivity contribution >= 4 is 17.5 Å². The highest BCUT2D eigenvalue weighted by Gasteiger charge is 2.26. The lowest BCUT2D eigenvalue weighted by Crippen LogP contribution is -2.42. The molecule has 0 unspecified atom stereocenters. The summed E-state index contributed by atoms with van der Waals surface area (Å²) in [5.41, 5.74) is 3.22. The summed E-state index contributed by atoms with van der Waals surface area (Å²) in [5, 5.41) is 2.92. The lowest BCUT2D eigenvalue weighted by Gasteiger charge is -2.25. The fraction of sp³-hybridized carbons (Fsp3) is 0.381. The molecule has 1 aliphatic rings. The SMILES string of the molecule is Cc1cccc(NC(=O)CN(C[C@@H]2CCCO2)C(=O)c2ccccn2)c1C. The lowest BCUT2D eigenvalue weighted by molar-refractivity contribution is -0.117. The summed E-state index contributed by atoms with van der Waals surface area (Å²) in [4.78, 5) is 31.2. The molecule has 1 aromatic heterocycles. The van der Waals surface area contributed by atoms with Crippen LogP contribution in [0.3, 0.4) is 0 Å². The van der Waals surface area contributed by atoms with Gasteiger partial charge in [0.25, 0.3) is 5.91 Å². The normalized spacial score (nSPS) is 16.1. The van der Waals surface area contributed by atoms with Gasteiger partial charge in [0.15, 0.2) is 0 Å². The molecule has 2 amide bonds. The second-order valence-corrected chi connectivity index (χ2v) is 6.83. The van der Waals surface area contributed by atoms with Crippen LogP contribution in [-0.2, 0) is 9.53 Å². The Morgan fingerprint density at radius 3 is 2.78 bits per heavy atom. The van der Waals surface area contributed by atoms with E-state index in [1.807, 2.05) is 32.0 Å². The zero-order valence-corrected chi connectivity index (χ0v) is 15.8. The van der Waals surface area contributed by atoms with E-state index in [2.05, 4.69) is 10.3 Å². The first-order valence-corrected chi connectivity index (χ1v) is 9.22. The monoisotopic (exact) mass is 367 g/mol. The highest BCUT2D eigenvalue weighted by Crippen LogP contribution is 2.19. The molecule has 2 aromatic rings. The number of pyridine rings is 1. The van der Waals surface area contributed by atoms with Gasteiger partial charge in [-0.15, -0.1) is 0 Å². The minimum atomic E-state index is -0.262. The van der Waals surface area contributed by atoms with Crippen molar-refractivity contribution in [3.05, 3.63) is 59.4 Å². The highest BCUT2D eigenvalue weighted by atomic mass is 16.5. The van der Waals surface area contributed by atoms with Gasteiger partial charge in [-0.25, -0.2) is 0 Å². The number of benzene rings is 1. The third-order valence-corrected chi connectivity index (χ3v) is 4.83. The number of hydrogen-bond donors (Lipinski definition) is 1. The Morgan fingerprint density at radius 1 is 1.22 bits per heavy atom. The molecule has 0 saturated carbocycles. The number of carbonyl (C=O) groups is 2. The minimum absolute atomic E-state index is 0.0360. The van der Waals surface area contributed by atoms with Gasteiger partial charge in [0, 0.05) is 25.0 Å². The molecule has 0 bridgehead atoms. The number of nitrogens with zero attached hydrogens (tertiary/aromatic N) is 2. The first-order chi connectivity index (χ1) is 13.0. The second-order valence-electron chi connectivity index (χ2n) is 6.83. The highest BCUT2D eigenvalue weighted by molar-refractivity contribution is 5.98. The van der Waals surface area contributed by atoms with E-state index in [4.69, 9.17) is 4.74 Å². The number of carbonyl (C=O) groups excluding carboxylic acids is 2. The van der Waals surface area contributed by atoms with Crippen LogP contribution in [0.25, 0.3) is 0 Å². The Bertz CT molecular complexity index is 802. The van der Waals surface area contributed by atoms with E-state index >= 15 is 0 Å². The summed E-state index contributed by atoms with van der Waals surface area (Å²) in [6.07, 6.45) is 3.41. The maximum atomic E-state index is 12.9. The molecule has 1 atom stereocenters. The third-order valence-electron chi connectivity index (χ3n) is 4.83. The molecule has 0 spiro atoms. The molecule has 3 rings (SSSR count). The number of nitrogens with one attached hydrogen (secondary N) is 1. The molecule has 0 radical (unpaired) electrons. The molecule has 1 fully saturated rings. The van der Waals surface area contributed by atoms with E-state index in [-0.39, 0.29) is 24.5 Å². The Hall–Kier alpha value is -2.73. The maximum absolute atomic E-state index is 12.9. The molecule has 142 valence electrons. The van der Waals surface area contributed by atoms with Gasteiger partial charge in [0.2, 0.25) is 5.91 Å². The van der Waals surface area contributed by atoms with E-state index < -0.39 is 0 Å². The molecular weight excluding hydrogens is 342 g/mol. The van der Waals surface area contributed by atoms with Crippen LogP contribution in [0.4, 0.5) is 5.69 Å². The van der Waals surface area contributed by atoms with Gasteiger partial charge in [-0.2, -0.15) is 0 Å². The summed E-state index contributed by atoms with van der Waals surface area (Å²) in [7, 11) is 0. The third kappa shape index (κ3) is 4.92. The van der Waals surface area contributed by atoms with Gasteiger partial charge in [0.05, 0.1) is 6.10 Å². The molecule has 27 heavy (non-hydrogen) atoms. The molecule has 1 aromatic carbocycles. The number of rotatable bonds is 6. The Labute approximate surface area is 159 Å². The lowest BCUT2D eigenvalue weighted by atomic mass is 10.1.